The van der Waals surface area contributed by atoms with Crippen molar-refractivity contribution in [2.75, 3.05) is 7.11 Å². The van der Waals surface area contributed by atoms with Gasteiger partial charge in [0.1, 0.15) is 23.3 Å². The number of rotatable bonds is 5. The summed E-state index contributed by atoms with van der Waals surface area (Å²) < 4.78 is 13.0. The number of hydrogen-bond donors (Lipinski definition) is 1. The fraction of sp³-hybridized carbons (Fsp3) is 0.500. The highest BCUT2D eigenvalue weighted by molar-refractivity contribution is 5.33. The van der Waals surface area contributed by atoms with Crippen LogP contribution in [0.1, 0.15) is 50.1 Å². The van der Waals surface area contributed by atoms with Gasteiger partial charge < -0.3 is 14.9 Å². The fourth-order valence-corrected chi connectivity index (χ4v) is 2.11. The number of nitrogens with zero attached hydrogens (tertiary/aromatic N) is 2. The quantitative estimate of drug-likeness (QED) is 0.900. The molecule has 1 unspecified atom stereocenters. The van der Waals surface area contributed by atoms with Crippen LogP contribution >= 0.6 is 0 Å². The smallest absolute Gasteiger partial charge is 0.162 e. The predicted molar refractivity (Wildman–Crippen MR) is 73.3 cm³/mol. The van der Waals surface area contributed by atoms with Crippen LogP contribution in [0, 0.1) is 0 Å². The van der Waals surface area contributed by atoms with Gasteiger partial charge in [-0.2, -0.15) is 5.10 Å². The highest BCUT2D eigenvalue weighted by Gasteiger charge is 2.24. The molecule has 2 rings (SSSR count). The molecule has 0 saturated heterocycles. The van der Waals surface area contributed by atoms with Crippen molar-refractivity contribution in [3.8, 4) is 5.75 Å². The van der Waals surface area contributed by atoms with Crippen molar-refractivity contribution in [2.24, 2.45) is 5.73 Å². The maximum atomic E-state index is 6.31. The zero-order valence-electron chi connectivity index (χ0n) is 11.9. The third-order valence-corrected chi connectivity index (χ3v) is 3.14. The minimum atomic E-state index is -0.375. The van der Waals surface area contributed by atoms with Crippen LogP contribution in [0.25, 0.3) is 0 Å². The molecule has 5 heteroatoms. The Morgan fingerprint density at radius 1 is 1.42 bits per heavy atom. The van der Waals surface area contributed by atoms with Crippen molar-refractivity contribution in [3.05, 3.63) is 35.5 Å². The molecule has 5 nitrogen and oxygen atoms in total. The first-order valence-electron chi connectivity index (χ1n) is 6.54. The topological polar surface area (TPSA) is 66.2 Å². The van der Waals surface area contributed by atoms with E-state index in [0.29, 0.717) is 5.75 Å². The van der Waals surface area contributed by atoms with E-state index in [-0.39, 0.29) is 12.1 Å². The van der Waals surface area contributed by atoms with Gasteiger partial charge in [0.2, 0.25) is 0 Å². The lowest BCUT2D eigenvalue weighted by atomic mass is 10.1. The predicted octanol–water partition coefficient (Wildman–Crippen LogP) is 2.68. The molecule has 0 fully saturated rings. The molecular formula is C14H21N3O2. The van der Waals surface area contributed by atoms with E-state index in [1.165, 1.54) is 0 Å². The van der Waals surface area contributed by atoms with Gasteiger partial charge in [0.15, 0.2) is 5.75 Å². The van der Waals surface area contributed by atoms with E-state index in [9.17, 15) is 0 Å². The molecule has 2 aromatic heterocycles. The van der Waals surface area contributed by atoms with Crippen LogP contribution in [0.15, 0.2) is 22.7 Å². The van der Waals surface area contributed by atoms with E-state index in [4.69, 9.17) is 14.9 Å². The lowest BCUT2D eigenvalue weighted by Gasteiger charge is -2.16. The number of furan rings is 1. The van der Waals surface area contributed by atoms with E-state index in [1.807, 2.05) is 23.7 Å². The molecule has 2 heterocycles. The average molecular weight is 263 g/mol. The third kappa shape index (κ3) is 2.51. The molecule has 0 amide bonds. The van der Waals surface area contributed by atoms with Gasteiger partial charge in [-0.25, -0.2) is 0 Å². The Morgan fingerprint density at radius 3 is 2.68 bits per heavy atom. The van der Waals surface area contributed by atoms with Crippen molar-refractivity contribution in [1.82, 2.24) is 9.78 Å². The maximum absolute atomic E-state index is 6.31. The molecule has 0 radical (unpaired) electrons. The Hall–Kier alpha value is -1.75. The molecule has 104 valence electrons. The zero-order valence-corrected chi connectivity index (χ0v) is 11.9. The number of hydrogen-bond acceptors (Lipinski definition) is 4. The lowest BCUT2D eigenvalue weighted by molar-refractivity contribution is 0.388. The monoisotopic (exact) mass is 263 g/mol. The first-order chi connectivity index (χ1) is 9.08. The molecule has 0 aliphatic rings. The SMILES string of the molecule is CCc1ccc(C(N)c2c(OC)cnn2C(C)C)o1. The third-order valence-electron chi connectivity index (χ3n) is 3.14. The van der Waals surface area contributed by atoms with Crippen LogP contribution in [-0.4, -0.2) is 16.9 Å². The molecule has 0 bridgehead atoms. The first kappa shape index (κ1) is 13.7. The summed E-state index contributed by atoms with van der Waals surface area (Å²) in [6.07, 6.45) is 2.55. The molecule has 0 saturated carbocycles. The maximum Gasteiger partial charge on any atom is 0.162 e. The Labute approximate surface area is 113 Å². The highest BCUT2D eigenvalue weighted by Crippen LogP contribution is 2.31. The number of methoxy groups -OCH3 is 1. The number of nitrogens with two attached hydrogens (primary N) is 1. The number of ether oxygens (including phenoxy) is 1. The van der Waals surface area contributed by atoms with Crippen LogP contribution in [0.5, 0.6) is 5.75 Å². The summed E-state index contributed by atoms with van der Waals surface area (Å²) in [6, 6.07) is 3.71. The minimum Gasteiger partial charge on any atom is -0.493 e. The minimum absolute atomic E-state index is 0.213. The van der Waals surface area contributed by atoms with Crippen molar-refractivity contribution in [1.29, 1.82) is 0 Å². The van der Waals surface area contributed by atoms with Gasteiger partial charge in [0, 0.05) is 12.5 Å². The van der Waals surface area contributed by atoms with E-state index in [2.05, 4.69) is 18.9 Å². The van der Waals surface area contributed by atoms with Gasteiger partial charge in [-0.15, -0.1) is 0 Å². The van der Waals surface area contributed by atoms with Gasteiger partial charge >= 0.3 is 0 Å². The standard InChI is InChI=1S/C14H21N3O2/c1-5-10-6-7-11(19-10)13(15)14-12(18-4)8-16-17(14)9(2)3/h6-9,13H,5,15H2,1-4H3. The average Bonchev–Trinajstić information content (AvgIpc) is 3.03. The summed E-state index contributed by atoms with van der Waals surface area (Å²) in [5.74, 6) is 2.35. The molecule has 0 aromatic carbocycles. The summed E-state index contributed by atoms with van der Waals surface area (Å²) in [5, 5.41) is 4.33. The highest BCUT2D eigenvalue weighted by atomic mass is 16.5. The Kier molecular flexibility index (Phi) is 3.95. The van der Waals surface area contributed by atoms with Crippen molar-refractivity contribution >= 4 is 0 Å². The molecule has 1 atom stereocenters. The summed E-state index contributed by atoms with van der Waals surface area (Å²) in [7, 11) is 1.62. The largest absolute Gasteiger partial charge is 0.493 e. The van der Waals surface area contributed by atoms with Gasteiger partial charge in [-0.3, -0.25) is 4.68 Å². The van der Waals surface area contributed by atoms with Crippen LogP contribution in [0.3, 0.4) is 0 Å². The van der Waals surface area contributed by atoms with Crippen molar-refractivity contribution < 1.29 is 9.15 Å². The second kappa shape index (κ2) is 5.48. The summed E-state index contributed by atoms with van der Waals surface area (Å²) >= 11 is 0. The number of aromatic nitrogens is 2. The van der Waals surface area contributed by atoms with Gasteiger partial charge in [-0.05, 0) is 26.0 Å². The summed E-state index contributed by atoms with van der Waals surface area (Å²) in [4.78, 5) is 0. The van der Waals surface area contributed by atoms with Gasteiger partial charge in [0.05, 0.1) is 13.3 Å². The molecule has 0 aliphatic heterocycles. The Morgan fingerprint density at radius 2 is 2.16 bits per heavy atom. The van der Waals surface area contributed by atoms with E-state index >= 15 is 0 Å². The van der Waals surface area contributed by atoms with Crippen molar-refractivity contribution in [2.45, 2.75) is 39.3 Å². The van der Waals surface area contributed by atoms with Gasteiger partial charge in [-0.1, -0.05) is 6.92 Å². The lowest BCUT2D eigenvalue weighted by Crippen LogP contribution is -2.19. The number of aryl methyl sites for hydroxylation is 1. The molecule has 2 aromatic rings. The second-order valence-electron chi connectivity index (χ2n) is 4.77. The van der Waals surface area contributed by atoms with Gasteiger partial charge in [0.25, 0.3) is 0 Å². The summed E-state index contributed by atoms with van der Waals surface area (Å²) in [6.45, 7) is 6.16. The molecule has 19 heavy (non-hydrogen) atoms. The summed E-state index contributed by atoms with van der Waals surface area (Å²) in [5.41, 5.74) is 7.15. The van der Waals surface area contributed by atoms with E-state index < -0.39 is 0 Å². The van der Waals surface area contributed by atoms with Crippen LogP contribution in [0.2, 0.25) is 0 Å². The normalized spacial score (nSPS) is 12.9. The molecule has 0 aliphatic carbocycles. The van der Waals surface area contributed by atoms with Crippen molar-refractivity contribution in [3.63, 3.8) is 0 Å². The van der Waals surface area contributed by atoms with Crippen LogP contribution in [0.4, 0.5) is 0 Å². The Balaban J connectivity index is 2.41. The Bertz CT molecular complexity index is 543. The molecule has 2 N–H and O–H groups in total. The van der Waals surface area contributed by atoms with E-state index in [1.54, 1.807) is 13.3 Å². The van der Waals surface area contributed by atoms with Crippen LogP contribution < -0.4 is 10.5 Å². The molecule has 0 spiro atoms. The zero-order chi connectivity index (χ0) is 14.0. The van der Waals surface area contributed by atoms with Crippen LogP contribution in [-0.2, 0) is 6.42 Å². The second-order valence-corrected chi connectivity index (χ2v) is 4.77. The molecular weight excluding hydrogens is 242 g/mol. The van der Waals surface area contributed by atoms with E-state index in [0.717, 1.165) is 23.6 Å². The first-order valence-corrected chi connectivity index (χ1v) is 6.54. The fourth-order valence-electron chi connectivity index (χ4n) is 2.11.